The number of carbonyl (C=O) groups is 3. The van der Waals surface area contributed by atoms with Crippen LogP contribution in [-0.4, -0.2) is 29.2 Å². The molecule has 0 fully saturated rings. The van der Waals surface area contributed by atoms with Crippen LogP contribution in [0.4, 0.5) is 5.00 Å². The summed E-state index contributed by atoms with van der Waals surface area (Å²) in [5.74, 6) is -0.900. The Morgan fingerprint density at radius 1 is 1.32 bits per heavy atom. The van der Waals surface area contributed by atoms with Crippen LogP contribution in [0.3, 0.4) is 0 Å². The van der Waals surface area contributed by atoms with Crippen LogP contribution in [0.2, 0.25) is 0 Å². The van der Waals surface area contributed by atoms with Gasteiger partial charge in [0.15, 0.2) is 0 Å². The molecule has 3 rings (SSSR count). The van der Waals surface area contributed by atoms with E-state index in [1.165, 1.54) is 18.3 Å². The van der Waals surface area contributed by atoms with Gasteiger partial charge in [-0.25, -0.2) is 0 Å². The average Bonchev–Trinajstić information content (AvgIpc) is 2.91. The van der Waals surface area contributed by atoms with Crippen LogP contribution in [0.25, 0.3) is 0 Å². The fourth-order valence-corrected chi connectivity index (χ4v) is 4.49. The molecule has 0 radical (unpaired) electrons. The molecule has 1 aliphatic rings. The number of hydrogen-bond donors (Lipinski definition) is 2. The van der Waals surface area contributed by atoms with Gasteiger partial charge in [0.25, 0.3) is 11.8 Å². The number of nitrogens with two attached hydrogens (primary N) is 1. The topological polar surface area (TPSA) is 92.5 Å². The minimum Gasteiger partial charge on any atom is -0.365 e. The molecule has 1 aliphatic heterocycles. The van der Waals surface area contributed by atoms with E-state index >= 15 is 0 Å². The first-order valence-corrected chi connectivity index (χ1v) is 9.24. The van der Waals surface area contributed by atoms with Crippen LogP contribution in [-0.2, 0) is 17.8 Å². The van der Waals surface area contributed by atoms with Crippen LogP contribution in [0, 0.1) is 0 Å². The Morgan fingerprint density at radius 2 is 2.08 bits per heavy atom. The number of nitrogens with zero attached hydrogens (tertiary/aromatic N) is 1. The third-order valence-corrected chi connectivity index (χ3v) is 5.69. The molecule has 0 saturated heterocycles. The van der Waals surface area contributed by atoms with Gasteiger partial charge >= 0.3 is 0 Å². The van der Waals surface area contributed by atoms with E-state index in [2.05, 4.69) is 21.2 Å². The lowest BCUT2D eigenvalue weighted by Gasteiger charge is -2.25. The van der Waals surface area contributed by atoms with E-state index in [-0.39, 0.29) is 11.8 Å². The lowest BCUT2D eigenvalue weighted by molar-refractivity contribution is -0.129. The number of anilines is 1. The lowest BCUT2D eigenvalue weighted by Crippen LogP contribution is -2.34. The number of halogens is 1. The van der Waals surface area contributed by atoms with E-state index in [9.17, 15) is 14.4 Å². The molecular formula is C17H16BrN3O3S. The zero-order valence-corrected chi connectivity index (χ0v) is 15.9. The number of primary amides is 1. The first kappa shape index (κ1) is 17.6. The van der Waals surface area contributed by atoms with Gasteiger partial charge in [0.1, 0.15) is 5.00 Å². The maximum Gasteiger partial charge on any atom is 0.256 e. The van der Waals surface area contributed by atoms with Crippen molar-refractivity contribution in [1.82, 2.24) is 4.90 Å². The standard InChI is InChI=1S/C17H16BrN3O3S/c1-9(22)21-6-5-12-13(8-21)25-17(14(12)15(19)23)20-16(24)10-3-2-4-11(18)7-10/h2-4,7H,5-6,8H2,1H3,(H2,19,23)(H,20,24). The Labute approximate surface area is 157 Å². The summed E-state index contributed by atoms with van der Waals surface area (Å²) in [7, 11) is 0. The van der Waals surface area contributed by atoms with E-state index in [1.807, 2.05) is 6.07 Å². The Kier molecular flexibility index (Phi) is 4.91. The first-order chi connectivity index (χ1) is 11.9. The van der Waals surface area contributed by atoms with Crippen molar-refractivity contribution in [2.45, 2.75) is 19.9 Å². The number of rotatable bonds is 3. The second-order valence-electron chi connectivity index (χ2n) is 5.73. The van der Waals surface area contributed by atoms with Crippen molar-refractivity contribution in [3.8, 4) is 0 Å². The number of carbonyl (C=O) groups excluding carboxylic acids is 3. The van der Waals surface area contributed by atoms with Crippen LogP contribution in [0.5, 0.6) is 0 Å². The van der Waals surface area contributed by atoms with Crippen molar-refractivity contribution in [2.24, 2.45) is 5.73 Å². The van der Waals surface area contributed by atoms with Crippen molar-refractivity contribution in [3.63, 3.8) is 0 Å². The molecule has 2 aromatic rings. The van der Waals surface area contributed by atoms with Crippen molar-refractivity contribution >= 4 is 50.0 Å². The Hall–Kier alpha value is -2.19. The highest BCUT2D eigenvalue weighted by atomic mass is 79.9. The first-order valence-electron chi connectivity index (χ1n) is 7.63. The second kappa shape index (κ2) is 6.97. The minimum atomic E-state index is -0.571. The summed E-state index contributed by atoms with van der Waals surface area (Å²) in [6.07, 6.45) is 0.552. The molecule has 25 heavy (non-hydrogen) atoms. The molecule has 0 bridgehead atoms. The summed E-state index contributed by atoms with van der Waals surface area (Å²) >= 11 is 4.63. The normalized spacial score (nSPS) is 13.3. The van der Waals surface area contributed by atoms with Gasteiger partial charge in [-0.05, 0) is 30.2 Å². The summed E-state index contributed by atoms with van der Waals surface area (Å²) in [6.45, 7) is 2.49. The van der Waals surface area contributed by atoms with E-state index in [0.29, 0.717) is 35.6 Å². The fraction of sp³-hybridized carbons (Fsp3) is 0.235. The quantitative estimate of drug-likeness (QED) is 0.797. The maximum atomic E-state index is 12.5. The molecule has 8 heteroatoms. The third kappa shape index (κ3) is 3.59. The van der Waals surface area contributed by atoms with Gasteiger partial charge in [-0.15, -0.1) is 11.3 Å². The molecule has 1 aromatic heterocycles. The van der Waals surface area contributed by atoms with Gasteiger partial charge in [-0.3, -0.25) is 14.4 Å². The van der Waals surface area contributed by atoms with Gasteiger partial charge in [0.05, 0.1) is 12.1 Å². The van der Waals surface area contributed by atoms with Crippen molar-refractivity contribution in [2.75, 3.05) is 11.9 Å². The molecule has 0 saturated carbocycles. The smallest absolute Gasteiger partial charge is 0.256 e. The summed E-state index contributed by atoms with van der Waals surface area (Å²) in [6, 6.07) is 6.98. The van der Waals surface area contributed by atoms with Crippen LogP contribution in [0.1, 0.15) is 38.1 Å². The number of amides is 3. The van der Waals surface area contributed by atoms with Gasteiger partial charge < -0.3 is 16.0 Å². The molecule has 0 unspecified atom stereocenters. The van der Waals surface area contributed by atoms with Crippen LogP contribution < -0.4 is 11.1 Å². The largest absolute Gasteiger partial charge is 0.365 e. The molecule has 2 heterocycles. The molecule has 3 N–H and O–H groups in total. The van der Waals surface area contributed by atoms with Gasteiger partial charge in [0.2, 0.25) is 5.91 Å². The predicted molar refractivity (Wildman–Crippen MR) is 99.7 cm³/mol. The molecule has 0 aliphatic carbocycles. The fourth-order valence-electron chi connectivity index (χ4n) is 2.83. The number of thiophene rings is 1. The Morgan fingerprint density at radius 3 is 2.72 bits per heavy atom. The predicted octanol–water partition coefficient (Wildman–Crippen LogP) is 2.77. The summed E-state index contributed by atoms with van der Waals surface area (Å²) < 4.78 is 0.790. The molecule has 130 valence electrons. The van der Waals surface area contributed by atoms with E-state index in [1.54, 1.807) is 23.1 Å². The molecule has 0 atom stereocenters. The third-order valence-electron chi connectivity index (χ3n) is 4.06. The summed E-state index contributed by atoms with van der Waals surface area (Å²) in [4.78, 5) is 38.6. The van der Waals surface area contributed by atoms with Crippen molar-refractivity contribution < 1.29 is 14.4 Å². The van der Waals surface area contributed by atoms with Gasteiger partial charge in [-0.2, -0.15) is 0 Å². The van der Waals surface area contributed by atoms with Crippen molar-refractivity contribution in [1.29, 1.82) is 0 Å². The van der Waals surface area contributed by atoms with Crippen LogP contribution >= 0.6 is 27.3 Å². The van der Waals surface area contributed by atoms with Gasteiger partial charge in [-0.1, -0.05) is 22.0 Å². The highest BCUT2D eigenvalue weighted by Crippen LogP contribution is 2.37. The van der Waals surface area contributed by atoms with E-state index in [4.69, 9.17) is 5.73 Å². The van der Waals surface area contributed by atoms with Gasteiger partial charge in [0, 0.05) is 28.4 Å². The number of hydrogen-bond acceptors (Lipinski definition) is 4. The minimum absolute atomic E-state index is 0.0144. The van der Waals surface area contributed by atoms with E-state index in [0.717, 1.165) is 14.9 Å². The Balaban J connectivity index is 1.93. The molecule has 1 aromatic carbocycles. The zero-order chi connectivity index (χ0) is 18.1. The Bertz CT molecular complexity index is 878. The molecule has 0 spiro atoms. The maximum absolute atomic E-state index is 12.5. The average molecular weight is 422 g/mol. The number of fused-ring (bicyclic) bond motifs is 1. The highest BCUT2D eigenvalue weighted by molar-refractivity contribution is 9.10. The lowest BCUT2D eigenvalue weighted by atomic mass is 10.0. The van der Waals surface area contributed by atoms with Crippen LogP contribution in [0.15, 0.2) is 28.7 Å². The summed E-state index contributed by atoms with van der Waals surface area (Å²) in [5, 5.41) is 3.23. The molecule has 3 amide bonds. The number of benzene rings is 1. The monoisotopic (exact) mass is 421 g/mol. The molecular weight excluding hydrogens is 406 g/mol. The zero-order valence-electron chi connectivity index (χ0n) is 13.5. The van der Waals surface area contributed by atoms with E-state index < -0.39 is 5.91 Å². The highest BCUT2D eigenvalue weighted by Gasteiger charge is 2.28. The second-order valence-corrected chi connectivity index (χ2v) is 7.75. The van der Waals surface area contributed by atoms with Crippen molar-refractivity contribution in [3.05, 3.63) is 50.3 Å². The summed E-state index contributed by atoms with van der Waals surface area (Å²) in [5.41, 5.74) is 7.20. The molecule has 6 nitrogen and oxygen atoms in total. The SMILES string of the molecule is CC(=O)N1CCc2c(sc(NC(=O)c3cccc(Br)c3)c2C(N)=O)C1. The number of nitrogens with one attached hydrogen (secondary N) is 1.